The van der Waals surface area contributed by atoms with Crippen LogP contribution in [-0.4, -0.2) is 11.6 Å². The third-order valence-electron chi connectivity index (χ3n) is 2.84. The predicted molar refractivity (Wildman–Crippen MR) is 55.6 cm³/mol. The number of hydrogen-bond donors (Lipinski definition) is 1. The number of benzene rings is 1. The van der Waals surface area contributed by atoms with Crippen molar-refractivity contribution in [2.45, 2.75) is 18.9 Å². The summed E-state index contributed by atoms with van der Waals surface area (Å²) in [6, 6.07) is 7.57. The zero-order valence-electron chi connectivity index (χ0n) is 8.28. The van der Waals surface area contributed by atoms with E-state index in [1.165, 1.54) is 0 Å². The molecule has 1 aromatic rings. The van der Waals surface area contributed by atoms with Crippen molar-refractivity contribution in [3.8, 4) is 0 Å². The van der Waals surface area contributed by atoms with Gasteiger partial charge in [-0.2, -0.15) is 0 Å². The van der Waals surface area contributed by atoms with Gasteiger partial charge in [0.1, 0.15) is 0 Å². The number of carbonyl (C=O) groups is 1. The van der Waals surface area contributed by atoms with E-state index in [1.807, 2.05) is 31.2 Å². The third kappa shape index (κ3) is 0.960. The Bertz CT molecular complexity index is 481. The van der Waals surface area contributed by atoms with Crippen molar-refractivity contribution in [1.82, 2.24) is 0 Å². The van der Waals surface area contributed by atoms with Crippen LogP contribution >= 0.6 is 0 Å². The fourth-order valence-corrected chi connectivity index (χ4v) is 2.14. The highest BCUT2D eigenvalue weighted by Gasteiger charge is 2.52. The van der Waals surface area contributed by atoms with E-state index in [1.54, 1.807) is 0 Å². The Morgan fingerprint density at radius 3 is 3.00 bits per heavy atom. The third-order valence-corrected chi connectivity index (χ3v) is 2.84. The summed E-state index contributed by atoms with van der Waals surface area (Å²) in [5.41, 5.74) is 1.66. The van der Waals surface area contributed by atoms with Crippen LogP contribution in [0.2, 0.25) is 0 Å². The maximum Gasteiger partial charge on any atom is 0.276 e. The molecule has 0 aliphatic carbocycles. The van der Waals surface area contributed by atoms with Crippen molar-refractivity contribution >= 4 is 17.3 Å². The number of anilines is 1. The Labute approximate surface area is 86.9 Å². The van der Waals surface area contributed by atoms with E-state index < -0.39 is 5.60 Å². The predicted octanol–water partition coefficient (Wildman–Crippen LogP) is 1.63. The van der Waals surface area contributed by atoms with Crippen molar-refractivity contribution in [2.24, 2.45) is 5.16 Å². The molecule has 0 bridgehead atoms. The molecule has 0 fully saturated rings. The molecular weight excluding hydrogens is 192 g/mol. The van der Waals surface area contributed by atoms with Crippen LogP contribution in [0.5, 0.6) is 0 Å². The monoisotopic (exact) mass is 202 g/mol. The van der Waals surface area contributed by atoms with Crippen LogP contribution in [-0.2, 0) is 15.2 Å². The summed E-state index contributed by atoms with van der Waals surface area (Å²) in [6.45, 7) is 1.86. The van der Waals surface area contributed by atoms with Gasteiger partial charge in [-0.25, -0.2) is 0 Å². The van der Waals surface area contributed by atoms with E-state index in [0.29, 0.717) is 6.42 Å². The van der Waals surface area contributed by atoms with Gasteiger partial charge in [0.2, 0.25) is 5.60 Å². The van der Waals surface area contributed by atoms with Gasteiger partial charge in [0, 0.05) is 17.7 Å². The van der Waals surface area contributed by atoms with Crippen LogP contribution in [0.15, 0.2) is 29.4 Å². The van der Waals surface area contributed by atoms with Gasteiger partial charge in [-0.3, -0.25) is 4.79 Å². The van der Waals surface area contributed by atoms with Crippen LogP contribution in [0.4, 0.5) is 5.69 Å². The molecule has 3 rings (SSSR count). The van der Waals surface area contributed by atoms with Gasteiger partial charge in [-0.15, -0.1) is 0 Å². The molecule has 1 unspecified atom stereocenters. The molecule has 1 aromatic carbocycles. The smallest absolute Gasteiger partial charge is 0.276 e. The Morgan fingerprint density at radius 1 is 1.47 bits per heavy atom. The Kier molecular flexibility index (Phi) is 1.46. The van der Waals surface area contributed by atoms with Crippen LogP contribution in [0.3, 0.4) is 0 Å². The van der Waals surface area contributed by atoms with Crippen LogP contribution in [0, 0.1) is 0 Å². The topological polar surface area (TPSA) is 50.7 Å². The summed E-state index contributed by atoms with van der Waals surface area (Å²) in [7, 11) is 0. The van der Waals surface area contributed by atoms with Crippen molar-refractivity contribution in [3.63, 3.8) is 0 Å². The summed E-state index contributed by atoms with van der Waals surface area (Å²) < 4.78 is 0. The lowest BCUT2D eigenvalue weighted by Crippen LogP contribution is -2.34. The summed E-state index contributed by atoms with van der Waals surface area (Å²) in [4.78, 5) is 17.2. The molecule has 4 nitrogen and oxygen atoms in total. The van der Waals surface area contributed by atoms with E-state index in [-0.39, 0.29) is 5.91 Å². The molecule has 1 spiro atoms. The van der Waals surface area contributed by atoms with Crippen molar-refractivity contribution in [3.05, 3.63) is 29.8 Å². The Balaban J connectivity index is 2.15. The lowest BCUT2D eigenvalue weighted by Gasteiger charge is -2.17. The van der Waals surface area contributed by atoms with Crippen LogP contribution in [0.1, 0.15) is 18.9 Å². The van der Waals surface area contributed by atoms with E-state index in [2.05, 4.69) is 10.5 Å². The SMILES string of the molecule is CC1=NOC2(C1)C(=O)Nc1ccccc12. The molecule has 2 heterocycles. The minimum Gasteiger partial charge on any atom is -0.374 e. The number of oxime groups is 1. The highest BCUT2D eigenvalue weighted by Crippen LogP contribution is 2.44. The number of fused-ring (bicyclic) bond motifs is 2. The highest BCUT2D eigenvalue weighted by molar-refractivity contribution is 6.08. The Morgan fingerprint density at radius 2 is 2.27 bits per heavy atom. The van der Waals surface area contributed by atoms with Gasteiger partial charge in [-0.05, 0) is 13.0 Å². The van der Waals surface area contributed by atoms with E-state index in [9.17, 15) is 4.79 Å². The fourth-order valence-electron chi connectivity index (χ4n) is 2.14. The number of amides is 1. The van der Waals surface area contributed by atoms with Crippen molar-refractivity contribution in [1.29, 1.82) is 0 Å². The number of nitrogens with one attached hydrogen (secondary N) is 1. The molecule has 1 atom stereocenters. The second kappa shape index (κ2) is 2.59. The van der Waals surface area contributed by atoms with E-state index >= 15 is 0 Å². The van der Waals surface area contributed by atoms with Gasteiger partial charge in [-0.1, -0.05) is 23.4 Å². The molecule has 4 heteroatoms. The molecule has 0 saturated heterocycles. The first-order valence-electron chi connectivity index (χ1n) is 4.85. The maximum absolute atomic E-state index is 11.9. The lowest BCUT2D eigenvalue weighted by molar-refractivity contribution is -0.137. The van der Waals surface area contributed by atoms with Gasteiger partial charge in [0.05, 0.1) is 5.71 Å². The zero-order valence-corrected chi connectivity index (χ0v) is 8.28. The fraction of sp³-hybridized carbons (Fsp3) is 0.273. The number of para-hydroxylation sites is 1. The molecule has 15 heavy (non-hydrogen) atoms. The minimum absolute atomic E-state index is 0.121. The highest BCUT2D eigenvalue weighted by atomic mass is 16.7. The summed E-state index contributed by atoms with van der Waals surface area (Å²) in [5.74, 6) is -0.121. The largest absolute Gasteiger partial charge is 0.374 e. The van der Waals surface area contributed by atoms with Crippen molar-refractivity contribution < 1.29 is 9.63 Å². The maximum atomic E-state index is 11.9. The first-order valence-corrected chi connectivity index (χ1v) is 4.85. The standard InChI is InChI=1S/C11H10N2O2/c1-7-6-11(15-13-7)8-4-2-3-5-9(8)12-10(11)14/h2-5H,6H2,1H3,(H,12,14). The van der Waals surface area contributed by atoms with E-state index in [0.717, 1.165) is 17.0 Å². The summed E-state index contributed by atoms with van der Waals surface area (Å²) in [6.07, 6.45) is 0.538. The second-order valence-corrected chi connectivity index (χ2v) is 3.92. The molecule has 2 aliphatic heterocycles. The number of rotatable bonds is 0. The second-order valence-electron chi connectivity index (χ2n) is 3.92. The average Bonchev–Trinajstić information content (AvgIpc) is 2.73. The quantitative estimate of drug-likeness (QED) is 0.695. The number of nitrogens with zero attached hydrogens (tertiary/aromatic N) is 1. The summed E-state index contributed by atoms with van der Waals surface area (Å²) in [5, 5.41) is 6.69. The van der Waals surface area contributed by atoms with E-state index in [4.69, 9.17) is 4.84 Å². The molecule has 0 radical (unpaired) electrons. The first kappa shape index (κ1) is 8.47. The van der Waals surface area contributed by atoms with Crippen molar-refractivity contribution in [2.75, 3.05) is 5.32 Å². The van der Waals surface area contributed by atoms with Gasteiger partial charge in [0.25, 0.3) is 5.91 Å². The average molecular weight is 202 g/mol. The molecular formula is C11H10N2O2. The van der Waals surface area contributed by atoms with Crippen LogP contribution in [0.25, 0.3) is 0 Å². The van der Waals surface area contributed by atoms with Gasteiger partial charge >= 0.3 is 0 Å². The molecule has 2 aliphatic rings. The molecule has 0 aromatic heterocycles. The number of carbonyl (C=O) groups excluding carboxylic acids is 1. The first-order chi connectivity index (χ1) is 7.22. The van der Waals surface area contributed by atoms with Gasteiger partial charge < -0.3 is 10.2 Å². The molecule has 1 amide bonds. The normalized spacial score (nSPS) is 27.3. The zero-order chi connectivity index (χ0) is 10.5. The molecule has 1 N–H and O–H groups in total. The number of hydrogen-bond acceptors (Lipinski definition) is 3. The summed E-state index contributed by atoms with van der Waals surface area (Å²) >= 11 is 0. The van der Waals surface area contributed by atoms with Crippen LogP contribution < -0.4 is 5.32 Å². The molecule has 76 valence electrons. The van der Waals surface area contributed by atoms with Gasteiger partial charge in [0.15, 0.2) is 0 Å². The lowest BCUT2D eigenvalue weighted by atomic mass is 9.91. The Hall–Kier alpha value is -1.84. The minimum atomic E-state index is -0.902. The molecule has 0 saturated carbocycles.